The number of benzene rings is 1. The van der Waals surface area contributed by atoms with Gasteiger partial charge in [-0.25, -0.2) is 0 Å². The van der Waals surface area contributed by atoms with Crippen molar-refractivity contribution in [3.63, 3.8) is 0 Å². The molecule has 1 aromatic rings. The zero-order chi connectivity index (χ0) is 16.0. The maximum atomic E-state index is 10.5. The molecule has 0 bridgehead atoms. The average Bonchev–Trinajstić information content (AvgIpc) is 3.05. The second-order valence-electron chi connectivity index (χ2n) is 8.87. The van der Waals surface area contributed by atoms with E-state index in [1.54, 1.807) is 6.07 Å². The maximum absolute atomic E-state index is 10.5. The first-order valence-corrected chi connectivity index (χ1v) is 9.15. The fraction of sp³-hybridized carbons (Fsp3) is 0.700. The first-order valence-electron chi connectivity index (χ1n) is 9.15. The van der Waals surface area contributed by atoms with Crippen LogP contribution >= 0.6 is 0 Å². The molecular weight excluding hydrogens is 288 g/mol. The molecule has 3 fully saturated rings. The average molecular weight is 314 g/mol. The van der Waals surface area contributed by atoms with E-state index in [9.17, 15) is 15.3 Å². The normalized spacial score (nSPS) is 50.3. The Kier molecular flexibility index (Phi) is 2.68. The Labute approximate surface area is 137 Å². The minimum absolute atomic E-state index is 0.0661. The van der Waals surface area contributed by atoms with Crippen LogP contribution in [-0.4, -0.2) is 27.5 Å². The molecule has 23 heavy (non-hydrogen) atoms. The first kappa shape index (κ1) is 14.3. The van der Waals surface area contributed by atoms with E-state index in [4.69, 9.17) is 0 Å². The molecule has 3 nitrogen and oxygen atoms in total. The zero-order valence-corrected chi connectivity index (χ0v) is 13.7. The SMILES string of the molecule is C[C@]12CCC3c4ccc(O)cc4C4(CC3C1CC[C@@H]2O)C[C@@H]4O. The molecule has 0 radical (unpaired) electrons. The van der Waals surface area contributed by atoms with Crippen LogP contribution in [0.5, 0.6) is 5.75 Å². The fourth-order valence-corrected chi connectivity index (χ4v) is 6.56. The Balaban J connectivity index is 1.62. The van der Waals surface area contributed by atoms with Crippen LogP contribution in [0.25, 0.3) is 0 Å². The Hall–Kier alpha value is -1.06. The van der Waals surface area contributed by atoms with Crippen molar-refractivity contribution in [2.45, 2.75) is 69.0 Å². The summed E-state index contributed by atoms with van der Waals surface area (Å²) in [4.78, 5) is 0. The van der Waals surface area contributed by atoms with Crippen LogP contribution in [-0.2, 0) is 5.41 Å². The Morgan fingerprint density at radius 2 is 1.83 bits per heavy atom. The third-order valence-electron chi connectivity index (χ3n) is 8.00. The molecule has 0 amide bonds. The molecule has 5 rings (SSSR count). The van der Waals surface area contributed by atoms with Crippen molar-refractivity contribution in [3.05, 3.63) is 29.3 Å². The van der Waals surface area contributed by atoms with Crippen molar-refractivity contribution in [2.75, 3.05) is 0 Å². The highest BCUT2D eigenvalue weighted by Gasteiger charge is 2.64. The number of fused-ring (bicyclic) bond motifs is 6. The second kappa shape index (κ2) is 4.31. The van der Waals surface area contributed by atoms with Crippen molar-refractivity contribution in [3.8, 4) is 5.75 Å². The highest BCUT2D eigenvalue weighted by molar-refractivity contribution is 5.49. The highest BCUT2D eigenvalue weighted by atomic mass is 16.3. The summed E-state index contributed by atoms with van der Waals surface area (Å²) in [6.07, 6.45) is 5.72. The minimum Gasteiger partial charge on any atom is -0.508 e. The molecule has 4 unspecified atom stereocenters. The first-order chi connectivity index (χ1) is 11.0. The smallest absolute Gasteiger partial charge is 0.115 e. The van der Waals surface area contributed by atoms with Crippen LogP contribution in [0, 0.1) is 17.3 Å². The number of aliphatic hydroxyl groups excluding tert-OH is 2. The van der Waals surface area contributed by atoms with Crippen LogP contribution in [0.15, 0.2) is 18.2 Å². The van der Waals surface area contributed by atoms with Crippen LogP contribution in [0.4, 0.5) is 0 Å². The lowest BCUT2D eigenvalue weighted by molar-refractivity contribution is -0.0275. The van der Waals surface area contributed by atoms with Gasteiger partial charge in [-0.2, -0.15) is 0 Å². The van der Waals surface area contributed by atoms with Crippen LogP contribution in [0.2, 0.25) is 0 Å². The topological polar surface area (TPSA) is 60.7 Å². The lowest BCUT2D eigenvalue weighted by Gasteiger charge is -2.52. The Bertz CT molecular complexity index is 671. The monoisotopic (exact) mass is 314 g/mol. The summed E-state index contributed by atoms with van der Waals surface area (Å²) in [5, 5.41) is 30.9. The lowest BCUT2D eigenvalue weighted by atomic mass is 9.53. The number of phenols is 1. The summed E-state index contributed by atoms with van der Waals surface area (Å²) in [7, 11) is 0. The van der Waals surface area contributed by atoms with Gasteiger partial charge in [0, 0.05) is 5.41 Å². The summed E-state index contributed by atoms with van der Waals surface area (Å²) in [5.41, 5.74) is 2.50. The summed E-state index contributed by atoms with van der Waals surface area (Å²) >= 11 is 0. The van der Waals surface area contributed by atoms with E-state index in [-0.39, 0.29) is 23.0 Å². The van der Waals surface area contributed by atoms with Gasteiger partial charge in [0.15, 0.2) is 0 Å². The summed E-state index contributed by atoms with van der Waals surface area (Å²) < 4.78 is 0. The Morgan fingerprint density at radius 3 is 2.57 bits per heavy atom. The fourth-order valence-electron chi connectivity index (χ4n) is 6.56. The lowest BCUT2D eigenvalue weighted by Crippen LogP contribution is -2.46. The number of rotatable bonds is 0. The molecule has 3 N–H and O–H groups in total. The molecule has 0 saturated heterocycles. The van der Waals surface area contributed by atoms with Gasteiger partial charge in [0.05, 0.1) is 12.2 Å². The van der Waals surface area contributed by atoms with Crippen LogP contribution in [0.1, 0.15) is 62.5 Å². The molecule has 0 aliphatic heterocycles. The van der Waals surface area contributed by atoms with Gasteiger partial charge in [0.2, 0.25) is 0 Å². The highest BCUT2D eigenvalue weighted by Crippen LogP contribution is 2.67. The number of phenolic OH excluding ortho intramolecular Hbond substituents is 1. The van der Waals surface area contributed by atoms with Crippen molar-refractivity contribution >= 4 is 0 Å². The van der Waals surface area contributed by atoms with Gasteiger partial charge in [-0.3, -0.25) is 0 Å². The van der Waals surface area contributed by atoms with Crippen molar-refractivity contribution in [1.82, 2.24) is 0 Å². The van der Waals surface area contributed by atoms with E-state index in [0.717, 1.165) is 38.5 Å². The van der Waals surface area contributed by atoms with E-state index in [1.165, 1.54) is 11.1 Å². The molecule has 3 saturated carbocycles. The molecule has 7 atom stereocenters. The van der Waals surface area contributed by atoms with Crippen molar-refractivity contribution < 1.29 is 15.3 Å². The van der Waals surface area contributed by atoms with E-state index < -0.39 is 0 Å². The molecule has 0 aromatic heterocycles. The molecule has 4 aliphatic rings. The van der Waals surface area contributed by atoms with Gasteiger partial charge < -0.3 is 15.3 Å². The third kappa shape index (κ3) is 1.68. The minimum atomic E-state index is -0.261. The molecule has 1 aromatic carbocycles. The quantitative estimate of drug-likeness (QED) is 0.690. The molecule has 0 heterocycles. The largest absolute Gasteiger partial charge is 0.508 e. The van der Waals surface area contributed by atoms with Gasteiger partial charge in [0.1, 0.15) is 5.75 Å². The number of hydrogen-bond acceptors (Lipinski definition) is 3. The summed E-state index contributed by atoms with van der Waals surface area (Å²) in [6.45, 7) is 2.29. The third-order valence-corrected chi connectivity index (χ3v) is 8.00. The van der Waals surface area contributed by atoms with Gasteiger partial charge in [-0.15, -0.1) is 0 Å². The molecule has 4 aliphatic carbocycles. The standard InChI is InChI=1S/C20H26O3/c1-19-7-6-12-13-3-2-11(21)8-16(13)20(10-18(20)23)9-14(12)15(19)4-5-17(19)22/h2-3,8,12,14-15,17-18,21-23H,4-7,9-10H2,1H3/t12?,14?,15?,17-,18-,19-,20?/m0/s1. The number of aromatic hydroxyl groups is 1. The van der Waals surface area contributed by atoms with Gasteiger partial charge >= 0.3 is 0 Å². The molecule has 1 spiro atoms. The van der Waals surface area contributed by atoms with Crippen molar-refractivity contribution in [2.24, 2.45) is 17.3 Å². The number of hydrogen-bond donors (Lipinski definition) is 3. The predicted octanol–water partition coefficient (Wildman–Crippen LogP) is 3.07. The van der Waals surface area contributed by atoms with Crippen LogP contribution in [0.3, 0.4) is 0 Å². The molecule has 3 heteroatoms. The summed E-state index contributed by atoms with van der Waals surface area (Å²) in [6, 6.07) is 5.81. The molecular formula is C20H26O3. The van der Waals surface area contributed by atoms with Gasteiger partial charge in [-0.1, -0.05) is 13.0 Å². The second-order valence-corrected chi connectivity index (χ2v) is 8.87. The maximum Gasteiger partial charge on any atom is 0.115 e. The molecule has 124 valence electrons. The van der Waals surface area contributed by atoms with E-state index >= 15 is 0 Å². The summed E-state index contributed by atoms with van der Waals surface area (Å²) in [5.74, 6) is 1.99. The van der Waals surface area contributed by atoms with E-state index in [2.05, 4.69) is 13.0 Å². The number of aliphatic hydroxyl groups is 2. The van der Waals surface area contributed by atoms with Gasteiger partial charge in [-0.05, 0) is 85.0 Å². The Morgan fingerprint density at radius 1 is 1.04 bits per heavy atom. The predicted molar refractivity (Wildman–Crippen MR) is 87.3 cm³/mol. The zero-order valence-electron chi connectivity index (χ0n) is 13.7. The van der Waals surface area contributed by atoms with Crippen molar-refractivity contribution in [1.29, 1.82) is 0 Å². The van der Waals surface area contributed by atoms with E-state index in [1.807, 2.05) is 6.07 Å². The van der Waals surface area contributed by atoms with Crippen LogP contribution < -0.4 is 0 Å². The van der Waals surface area contributed by atoms with Gasteiger partial charge in [0.25, 0.3) is 0 Å². The van der Waals surface area contributed by atoms with E-state index in [0.29, 0.717) is 23.5 Å².